The van der Waals surface area contributed by atoms with E-state index in [0.29, 0.717) is 34.6 Å². The summed E-state index contributed by atoms with van der Waals surface area (Å²) in [6.45, 7) is 2.03. The first kappa shape index (κ1) is 26.1. The van der Waals surface area contributed by atoms with Gasteiger partial charge in [0.25, 0.3) is 5.91 Å². The van der Waals surface area contributed by atoms with Gasteiger partial charge in [-0.1, -0.05) is 26.2 Å². The van der Waals surface area contributed by atoms with Gasteiger partial charge in [-0.15, -0.1) is 0 Å². The number of aliphatic hydroxyl groups is 1. The molecule has 1 aliphatic carbocycles. The lowest BCUT2D eigenvalue weighted by molar-refractivity contribution is -0.0502. The zero-order chi connectivity index (χ0) is 25.8. The number of hydrogen-bond acceptors (Lipinski definition) is 7. The number of alkyl halides is 2. The number of fused-ring (bicyclic) bond motifs is 1. The first-order chi connectivity index (χ1) is 16.5. The molecule has 0 atom stereocenters. The summed E-state index contributed by atoms with van der Waals surface area (Å²) in [4.78, 5) is 16.4. The number of hydrogen-bond donors (Lipinski definition) is 2. The Morgan fingerprint density at radius 2 is 1.89 bits per heavy atom. The molecule has 190 valence electrons. The molecule has 9 nitrogen and oxygen atoms in total. The van der Waals surface area contributed by atoms with Crippen molar-refractivity contribution in [2.24, 2.45) is 5.73 Å². The van der Waals surface area contributed by atoms with E-state index < -0.39 is 23.9 Å². The minimum Gasteiger partial charge on any atom is -0.496 e. The molecule has 0 bridgehead atoms. The highest BCUT2D eigenvalue weighted by Gasteiger charge is 2.23. The van der Waals surface area contributed by atoms with Crippen molar-refractivity contribution < 1.29 is 32.9 Å². The van der Waals surface area contributed by atoms with Crippen LogP contribution in [-0.2, 0) is 6.42 Å². The number of amides is 1. The van der Waals surface area contributed by atoms with Crippen molar-refractivity contribution in [3.63, 3.8) is 0 Å². The summed E-state index contributed by atoms with van der Waals surface area (Å²) >= 11 is 0. The van der Waals surface area contributed by atoms with Crippen LogP contribution in [0.25, 0.3) is 16.8 Å². The Morgan fingerprint density at radius 3 is 2.40 bits per heavy atom. The minimum absolute atomic E-state index is 0.0224. The lowest BCUT2D eigenvalue weighted by Gasteiger charge is -2.19. The summed E-state index contributed by atoms with van der Waals surface area (Å²) in [5.74, 6) is -0.947. The van der Waals surface area contributed by atoms with Gasteiger partial charge in [0.15, 0.2) is 11.4 Å². The lowest BCUT2D eigenvalue weighted by Crippen LogP contribution is -2.28. The number of rotatable bonds is 9. The highest BCUT2D eigenvalue weighted by molar-refractivity contribution is 6.00. The van der Waals surface area contributed by atoms with Gasteiger partial charge in [0.1, 0.15) is 23.7 Å². The fourth-order valence-corrected chi connectivity index (χ4v) is 3.10. The van der Waals surface area contributed by atoms with Crippen molar-refractivity contribution >= 4 is 11.6 Å². The first-order valence-corrected chi connectivity index (χ1v) is 11.2. The fraction of sp³-hybridized carbons (Fsp3) is 0.458. The Labute approximate surface area is 201 Å². The molecule has 0 saturated heterocycles. The van der Waals surface area contributed by atoms with Gasteiger partial charge < -0.3 is 25.1 Å². The number of halogens is 2. The van der Waals surface area contributed by atoms with Crippen LogP contribution >= 0.6 is 0 Å². The van der Waals surface area contributed by atoms with E-state index in [1.807, 2.05) is 6.92 Å². The molecule has 1 saturated carbocycles. The molecule has 0 spiro atoms. The third-order valence-corrected chi connectivity index (χ3v) is 4.86. The molecule has 4 rings (SSSR count). The number of carbonyl (C=O) groups is 1. The number of nitrogens with zero attached hydrogens (tertiary/aromatic N) is 3. The SMILES string of the molecule is C1CC1.CCc1nc2c(-c3cc(OC)c(C(N)=O)c(OC(F)F)c3)cnn2cc1OCC(C)(C)O. The van der Waals surface area contributed by atoms with Gasteiger partial charge in [0.2, 0.25) is 0 Å². The van der Waals surface area contributed by atoms with Crippen LogP contribution in [0.1, 0.15) is 56.1 Å². The molecular weight excluding hydrogens is 462 g/mol. The van der Waals surface area contributed by atoms with Crippen molar-refractivity contribution in [2.75, 3.05) is 13.7 Å². The van der Waals surface area contributed by atoms with Crippen molar-refractivity contribution in [2.45, 2.75) is 58.7 Å². The molecule has 0 radical (unpaired) electrons. The Hall–Kier alpha value is -3.47. The summed E-state index contributed by atoms with van der Waals surface area (Å²) < 4.78 is 42.8. The summed E-state index contributed by atoms with van der Waals surface area (Å²) in [5.41, 5.74) is 5.93. The monoisotopic (exact) mass is 492 g/mol. The highest BCUT2D eigenvalue weighted by atomic mass is 19.3. The number of benzene rings is 1. The van der Waals surface area contributed by atoms with Crippen molar-refractivity contribution in [3.8, 4) is 28.4 Å². The van der Waals surface area contributed by atoms with Crippen LogP contribution in [0.5, 0.6) is 17.2 Å². The van der Waals surface area contributed by atoms with Crippen LogP contribution in [0.3, 0.4) is 0 Å². The van der Waals surface area contributed by atoms with Gasteiger partial charge in [-0.25, -0.2) is 9.50 Å². The largest absolute Gasteiger partial charge is 0.496 e. The van der Waals surface area contributed by atoms with Crippen LogP contribution < -0.4 is 19.9 Å². The minimum atomic E-state index is -3.17. The zero-order valence-corrected chi connectivity index (χ0v) is 20.2. The number of aromatic nitrogens is 3. The van der Waals surface area contributed by atoms with E-state index in [4.69, 9.17) is 15.2 Å². The number of methoxy groups -OCH3 is 1. The maximum atomic E-state index is 13.0. The third-order valence-electron chi connectivity index (χ3n) is 4.86. The number of carbonyl (C=O) groups excluding carboxylic acids is 1. The van der Waals surface area contributed by atoms with Gasteiger partial charge in [-0.05, 0) is 38.0 Å². The average molecular weight is 493 g/mol. The molecule has 0 unspecified atom stereocenters. The van der Waals surface area contributed by atoms with Crippen LogP contribution in [0, 0.1) is 0 Å². The number of ether oxygens (including phenoxy) is 3. The Balaban J connectivity index is 0.00000106. The van der Waals surface area contributed by atoms with Crippen LogP contribution in [0.4, 0.5) is 8.78 Å². The van der Waals surface area contributed by atoms with E-state index in [1.165, 1.54) is 49.2 Å². The van der Waals surface area contributed by atoms with Gasteiger partial charge in [-0.3, -0.25) is 4.79 Å². The summed E-state index contributed by atoms with van der Waals surface area (Å²) in [7, 11) is 1.29. The van der Waals surface area contributed by atoms with Gasteiger partial charge in [0.05, 0.1) is 30.8 Å². The van der Waals surface area contributed by atoms with E-state index in [0.717, 1.165) is 0 Å². The Morgan fingerprint density at radius 1 is 1.23 bits per heavy atom. The second-order valence-electron chi connectivity index (χ2n) is 8.69. The molecular formula is C24H30F2N4O5. The fourth-order valence-electron chi connectivity index (χ4n) is 3.10. The quantitative estimate of drug-likeness (QED) is 0.463. The molecule has 1 aliphatic rings. The summed E-state index contributed by atoms with van der Waals surface area (Å²) in [5, 5.41) is 14.2. The third kappa shape index (κ3) is 6.78. The predicted molar refractivity (Wildman–Crippen MR) is 125 cm³/mol. The zero-order valence-electron chi connectivity index (χ0n) is 20.2. The Bertz CT molecular complexity index is 1190. The second kappa shape index (κ2) is 10.9. The van der Waals surface area contributed by atoms with E-state index >= 15 is 0 Å². The Kier molecular flexibility index (Phi) is 8.11. The molecule has 0 aliphatic heterocycles. The number of primary amides is 1. The molecule has 1 fully saturated rings. The average Bonchev–Trinajstić information content (AvgIpc) is 3.61. The highest BCUT2D eigenvalue weighted by Crippen LogP contribution is 2.37. The van der Waals surface area contributed by atoms with E-state index in [-0.39, 0.29) is 17.9 Å². The molecule has 2 heterocycles. The first-order valence-electron chi connectivity index (χ1n) is 11.2. The smallest absolute Gasteiger partial charge is 0.387 e. The molecule has 11 heteroatoms. The summed E-state index contributed by atoms with van der Waals surface area (Å²) in [6, 6.07) is 2.74. The summed E-state index contributed by atoms with van der Waals surface area (Å²) in [6.07, 6.45) is 8.15. The topological polar surface area (TPSA) is 121 Å². The maximum absolute atomic E-state index is 13.0. The van der Waals surface area contributed by atoms with Crippen LogP contribution in [0.15, 0.2) is 24.5 Å². The molecule has 2 aromatic heterocycles. The van der Waals surface area contributed by atoms with Crippen molar-refractivity contribution in [3.05, 3.63) is 35.8 Å². The van der Waals surface area contributed by atoms with E-state index in [1.54, 1.807) is 20.0 Å². The van der Waals surface area contributed by atoms with Crippen molar-refractivity contribution in [1.29, 1.82) is 0 Å². The molecule has 35 heavy (non-hydrogen) atoms. The molecule has 1 amide bonds. The van der Waals surface area contributed by atoms with Gasteiger partial charge in [-0.2, -0.15) is 13.9 Å². The van der Waals surface area contributed by atoms with Gasteiger partial charge >= 0.3 is 6.61 Å². The van der Waals surface area contributed by atoms with Crippen LogP contribution in [-0.4, -0.2) is 51.5 Å². The predicted octanol–water partition coefficient (Wildman–Crippen LogP) is 3.99. The molecule has 3 N–H and O–H groups in total. The standard InChI is InChI=1S/C21H24F2N4O5.C3H6/c1-5-13-16(31-10-21(2,3)29)9-27-19(26-13)12(8-25-27)11-6-14(30-4)17(18(24)28)15(7-11)32-20(22)23;1-2-3-1/h6-9,20,29H,5,10H2,1-4H3,(H2,24,28);1-3H2. The van der Waals surface area contributed by atoms with Crippen LogP contribution in [0.2, 0.25) is 0 Å². The van der Waals surface area contributed by atoms with Gasteiger partial charge in [0, 0.05) is 5.56 Å². The lowest BCUT2D eigenvalue weighted by atomic mass is 10.0. The normalized spacial score (nSPS) is 12.8. The van der Waals surface area contributed by atoms with E-state index in [2.05, 4.69) is 14.8 Å². The number of nitrogens with two attached hydrogens (primary N) is 1. The van der Waals surface area contributed by atoms with E-state index in [9.17, 15) is 18.7 Å². The maximum Gasteiger partial charge on any atom is 0.387 e. The number of aryl methyl sites for hydroxylation is 1. The second-order valence-corrected chi connectivity index (χ2v) is 8.69. The molecule has 1 aromatic carbocycles. The molecule has 3 aromatic rings. The van der Waals surface area contributed by atoms with Crippen molar-refractivity contribution in [1.82, 2.24) is 14.6 Å².